The Bertz CT molecular complexity index is 417. The van der Waals surface area contributed by atoms with Crippen LogP contribution in [0.5, 0.6) is 0 Å². The molecule has 0 fully saturated rings. The number of hydrogen-bond acceptors (Lipinski definition) is 3. The van der Waals surface area contributed by atoms with Gasteiger partial charge in [0.25, 0.3) is 5.91 Å². The molecule has 4 nitrogen and oxygen atoms in total. The summed E-state index contributed by atoms with van der Waals surface area (Å²) in [5.41, 5.74) is 0. The van der Waals surface area contributed by atoms with Crippen molar-refractivity contribution >= 4 is 39.1 Å². The van der Waals surface area contributed by atoms with Gasteiger partial charge in [-0.15, -0.1) is 11.3 Å². The molecule has 94 valence electrons. The normalized spacial score (nSPS) is 12.5. The Balaban J connectivity index is 2.59. The molecule has 1 aromatic rings. The third-order valence-corrected chi connectivity index (χ3v) is 4.26. The molecular formula is C11H14BrNO3S. The molecule has 0 bridgehead atoms. The smallest absolute Gasteiger partial charge is 0.308 e. The molecule has 0 aliphatic rings. The van der Waals surface area contributed by atoms with Crippen molar-refractivity contribution in [2.45, 2.75) is 13.8 Å². The number of aliphatic carboxylic acids is 1. The van der Waals surface area contributed by atoms with Gasteiger partial charge in [0.15, 0.2) is 0 Å². The number of nitrogens with one attached hydrogen (secondary N) is 1. The van der Waals surface area contributed by atoms with E-state index in [4.69, 9.17) is 5.11 Å². The zero-order valence-corrected chi connectivity index (χ0v) is 12.0. The molecule has 0 aliphatic carbocycles. The van der Waals surface area contributed by atoms with Gasteiger partial charge in [-0.25, -0.2) is 0 Å². The topological polar surface area (TPSA) is 66.4 Å². The fraction of sp³-hybridized carbons (Fsp3) is 0.455. The van der Waals surface area contributed by atoms with Crippen molar-refractivity contribution in [2.75, 3.05) is 6.54 Å². The summed E-state index contributed by atoms with van der Waals surface area (Å²) in [6.07, 6.45) is 0. The summed E-state index contributed by atoms with van der Waals surface area (Å²) < 4.78 is 0.733. The van der Waals surface area contributed by atoms with Gasteiger partial charge in [-0.3, -0.25) is 9.59 Å². The predicted octanol–water partition coefficient (Wildman–Crippen LogP) is 2.60. The van der Waals surface area contributed by atoms with Gasteiger partial charge in [-0.1, -0.05) is 13.8 Å². The third-order valence-electron chi connectivity index (χ3n) is 2.43. The van der Waals surface area contributed by atoms with Crippen LogP contribution in [-0.2, 0) is 4.79 Å². The SMILES string of the molecule is CC(C)C(CNC(=O)c1sccc1Br)C(=O)O. The molecule has 0 spiro atoms. The van der Waals surface area contributed by atoms with E-state index in [2.05, 4.69) is 21.2 Å². The molecule has 0 aromatic carbocycles. The Labute approximate surface area is 112 Å². The second-order valence-corrected chi connectivity index (χ2v) is 5.77. The van der Waals surface area contributed by atoms with Gasteiger partial charge in [0.2, 0.25) is 0 Å². The van der Waals surface area contributed by atoms with Gasteiger partial charge in [0, 0.05) is 11.0 Å². The number of rotatable bonds is 5. The summed E-state index contributed by atoms with van der Waals surface area (Å²) in [6.45, 7) is 3.80. The van der Waals surface area contributed by atoms with Crippen LogP contribution in [0, 0.1) is 11.8 Å². The van der Waals surface area contributed by atoms with Crippen LogP contribution in [0.3, 0.4) is 0 Å². The number of hydrogen-bond donors (Lipinski definition) is 2. The van der Waals surface area contributed by atoms with Gasteiger partial charge < -0.3 is 10.4 Å². The van der Waals surface area contributed by atoms with Crippen LogP contribution in [0.1, 0.15) is 23.5 Å². The van der Waals surface area contributed by atoms with Gasteiger partial charge >= 0.3 is 5.97 Å². The minimum atomic E-state index is -0.884. The van der Waals surface area contributed by atoms with E-state index < -0.39 is 11.9 Å². The van der Waals surface area contributed by atoms with E-state index in [0.717, 1.165) is 4.47 Å². The number of carbonyl (C=O) groups excluding carboxylic acids is 1. The largest absolute Gasteiger partial charge is 0.481 e. The van der Waals surface area contributed by atoms with E-state index in [0.29, 0.717) is 4.88 Å². The maximum absolute atomic E-state index is 11.8. The minimum Gasteiger partial charge on any atom is -0.481 e. The lowest BCUT2D eigenvalue weighted by atomic mass is 9.96. The first-order valence-corrected chi connectivity index (χ1v) is 6.84. The molecule has 0 aliphatic heterocycles. The lowest BCUT2D eigenvalue weighted by Crippen LogP contribution is -2.35. The Morgan fingerprint density at radius 3 is 2.59 bits per heavy atom. The molecule has 1 amide bonds. The number of carbonyl (C=O) groups is 2. The summed E-state index contributed by atoms with van der Waals surface area (Å²) >= 11 is 4.58. The van der Waals surface area contributed by atoms with Crippen molar-refractivity contribution in [2.24, 2.45) is 11.8 Å². The number of amides is 1. The molecular weight excluding hydrogens is 306 g/mol. The quantitative estimate of drug-likeness (QED) is 0.876. The molecule has 0 saturated heterocycles. The first-order valence-electron chi connectivity index (χ1n) is 5.17. The van der Waals surface area contributed by atoms with E-state index in [9.17, 15) is 9.59 Å². The molecule has 1 aromatic heterocycles. The molecule has 0 saturated carbocycles. The van der Waals surface area contributed by atoms with Gasteiger partial charge in [0.1, 0.15) is 4.88 Å². The lowest BCUT2D eigenvalue weighted by Gasteiger charge is -2.16. The maximum atomic E-state index is 11.8. The number of carboxylic acids is 1. The molecule has 6 heteroatoms. The zero-order chi connectivity index (χ0) is 13.0. The van der Waals surface area contributed by atoms with Crippen LogP contribution in [-0.4, -0.2) is 23.5 Å². The van der Waals surface area contributed by atoms with Crippen molar-refractivity contribution in [3.8, 4) is 0 Å². The molecule has 1 atom stereocenters. The first kappa shape index (κ1) is 14.2. The number of carboxylic acid groups (broad SMARTS) is 1. The van der Waals surface area contributed by atoms with E-state index in [-0.39, 0.29) is 18.4 Å². The van der Waals surface area contributed by atoms with Crippen molar-refractivity contribution in [3.63, 3.8) is 0 Å². The summed E-state index contributed by atoms with van der Waals surface area (Å²) in [4.78, 5) is 23.3. The second-order valence-electron chi connectivity index (χ2n) is 4.00. The summed E-state index contributed by atoms with van der Waals surface area (Å²) in [5.74, 6) is -1.69. The van der Waals surface area contributed by atoms with Crippen molar-refractivity contribution < 1.29 is 14.7 Å². The number of thiophene rings is 1. The Morgan fingerprint density at radius 2 is 2.18 bits per heavy atom. The average molecular weight is 320 g/mol. The van der Waals surface area contributed by atoms with Crippen molar-refractivity contribution in [1.29, 1.82) is 0 Å². The van der Waals surface area contributed by atoms with Crippen LogP contribution in [0.15, 0.2) is 15.9 Å². The van der Waals surface area contributed by atoms with Crippen LogP contribution in [0.4, 0.5) is 0 Å². The zero-order valence-electron chi connectivity index (χ0n) is 9.57. The highest BCUT2D eigenvalue weighted by Crippen LogP contribution is 2.22. The number of halogens is 1. The van der Waals surface area contributed by atoms with Gasteiger partial charge in [-0.05, 0) is 33.3 Å². The van der Waals surface area contributed by atoms with E-state index in [1.807, 2.05) is 13.8 Å². The average Bonchev–Trinajstić information content (AvgIpc) is 2.63. The van der Waals surface area contributed by atoms with E-state index >= 15 is 0 Å². The summed E-state index contributed by atoms with van der Waals surface area (Å²) in [6, 6.07) is 1.79. The molecule has 17 heavy (non-hydrogen) atoms. The fourth-order valence-corrected chi connectivity index (χ4v) is 2.81. The van der Waals surface area contributed by atoms with Crippen molar-refractivity contribution in [3.05, 3.63) is 20.8 Å². The van der Waals surface area contributed by atoms with Gasteiger partial charge in [-0.2, -0.15) is 0 Å². The van der Waals surface area contributed by atoms with E-state index in [1.54, 1.807) is 11.4 Å². The second kappa shape index (κ2) is 6.16. The Kier molecular flexibility index (Phi) is 5.14. The van der Waals surface area contributed by atoms with Crippen LogP contribution >= 0.6 is 27.3 Å². The molecule has 1 unspecified atom stereocenters. The van der Waals surface area contributed by atoms with E-state index in [1.165, 1.54) is 11.3 Å². The minimum absolute atomic E-state index is 0.0143. The molecule has 1 rings (SSSR count). The standard InChI is InChI=1S/C11H14BrNO3S/c1-6(2)7(11(15)16)5-13-10(14)9-8(12)3-4-17-9/h3-4,6-7H,5H2,1-2H3,(H,13,14)(H,15,16). The highest BCUT2D eigenvalue weighted by atomic mass is 79.9. The molecule has 0 radical (unpaired) electrons. The third kappa shape index (κ3) is 3.81. The monoisotopic (exact) mass is 319 g/mol. The highest BCUT2D eigenvalue weighted by molar-refractivity contribution is 9.10. The van der Waals surface area contributed by atoms with Gasteiger partial charge in [0.05, 0.1) is 5.92 Å². The van der Waals surface area contributed by atoms with Crippen LogP contribution < -0.4 is 5.32 Å². The predicted molar refractivity (Wildman–Crippen MR) is 70.3 cm³/mol. The Hall–Kier alpha value is -0.880. The van der Waals surface area contributed by atoms with Crippen LogP contribution in [0.2, 0.25) is 0 Å². The molecule has 1 heterocycles. The highest BCUT2D eigenvalue weighted by Gasteiger charge is 2.22. The Morgan fingerprint density at radius 1 is 1.53 bits per heavy atom. The fourth-order valence-electron chi connectivity index (χ4n) is 1.35. The lowest BCUT2D eigenvalue weighted by molar-refractivity contribution is -0.142. The first-order chi connectivity index (χ1) is 7.93. The molecule has 2 N–H and O–H groups in total. The van der Waals surface area contributed by atoms with Crippen LogP contribution in [0.25, 0.3) is 0 Å². The maximum Gasteiger partial charge on any atom is 0.308 e. The van der Waals surface area contributed by atoms with Crippen molar-refractivity contribution in [1.82, 2.24) is 5.32 Å². The summed E-state index contributed by atoms with van der Waals surface area (Å²) in [7, 11) is 0. The summed E-state index contributed by atoms with van der Waals surface area (Å²) in [5, 5.41) is 13.4.